The average molecular weight is 391 g/mol. The Bertz CT molecular complexity index is 615. The summed E-state index contributed by atoms with van der Waals surface area (Å²) >= 11 is 6.76. The van der Waals surface area contributed by atoms with Crippen LogP contribution < -0.4 is 5.32 Å². The van der Waals surface area contributed by atoms with Crippen molar-refractivity contribution in [2.24, 2.45) is 0 Å². The van der Waals surface area contributed by atoms with E-state index in [-0.39, 0.29) is 5.69 Å². The first-order valence-corrected chi connectivity index (χ1v) is 7.20. The van der Waals surface area contributed by atoms with Crippen LogP contribution in [-0.2, 0) is 6.54 Å². The topological polar surface area (TPSA) is 12.0 Å². The molecule has 2 aromatic carbocycles. The molecule has 100 valence electrons. The van der Waals surface area contributed by atoms with E-state index in [1.807, 2.05) is 18.2 Å². The first-order valence-electron chi connectivity index (χ1n) is 5.61. The van der Waals surface area contributed by atoms with Gasteiger partial charge in [0, 0.05) is 15.5 Å². The Morgan fingerprint density at radius 2 is 1.79 bits per heavy atom. The fraction of sp³-hybridized carbons (Fsp3) is 0.143. The van der Waals surface area contributed by atoms with Gasteiger partial charge in [-0.05, 0) is 68.1 Å². The van der Waals surface area contributed by atoms with E-state index >= 15 is 0 Å². The lowest BCUT2D eigenvalue weighted by atomic mass is 10.1. The Morgan fingerprint density at radius 3 is 2.47 bits per heavy atom. The Labute approximate surface area is 127 Å². The van der Waals surface area contributed by atoms with Crippen molar-refractivity contribution in [3.05, 3.63) is 62.0 Å². The molecule has 0 bridgehead atoms. The summed E-state index contributed by atoms with van der Waals surface area (Å²) in [6, 6.07) is 8.34. The molecule has 0 aliphatic rings. The molecule has 2 rings (SSSR count). The summed E-state index contributed by atoms with van der Waals surface area (Å²) < 4.78 is 29.2. The third-order valence-electron chi connectivity index (χ3n) is 2.74. The van der Waals surface area contributed by atoms with E-state index in [1.54, 1.807) is 6.92 Å². The van der Waals surface area contributed by atoms with Crippen LogP contribution in [0.1, 0.15) is 11.1 Å². The summed E-state index contributed by atoms with van der Waals surface area (Å²) in [4.78, 5) is 0. The minimum atomic E-state index is -0.584. The van der Waals surface area contributed by atoms with Crippen LogP contribution in [-0.4, -0.2) is 0 Å². The second-order valence-electron chi connectivity index (χ2n) is 4.16. The summed E-state index contributed by atoms with van der Waals surface area (Å²) in [6.45, 7) is 1.96. The van der Waals surface area contributed by atoms with Gasteiger partial charge in [-0.25, -0.2) is 8.78 Å². The molecule has 0 saturated carbocycles. The Morgan fingerprint density at radius 1 is 1.05 bits per heavy atom. The maximum absolute atomic E-state index is 13.8. The quantitative estimate of drug-likeness (QED) is 0.738. The van der Waals surface area contributed by atoms with Gasteiger partial charge in [0.15, 0.2) is 5.82 Å². The number of hydrogen-bond donors (Lipinski definition) is 1. The zero-order chi connectivity index (χ0) is 14.0. The van der Waals surface area contributed by atoms with Crippen molar-refractivity contribution < 1.29 is 8.78 Å². The SMILES string of the molecule is Cc1ccc(F)c(NCc2ccc(Br)c(Br)c2)c1F. The van der Waals surface area contributed by atoms with Gasteiger partial charge < -0.3 is 5.32 Å². The molecule has 0 spiro atoms. The number of hydrogen-bond acceptors (Lipinski definition) is 1. The standard InChI is InChI=1S/C14H11Br2F2N/c1-8-2-5-12(17)14(13(8)18)19-7-9-3-4-10(15)11(16)6-9/h2-6,19H,7H2,1H3. The van der Waals surface area contributed by atoms with E-state index in [0.29, 0.717) is 12.1 Å². The van der Waals surface area contributed by atoms with Crippen molar-refractivity contribution in [3.8, 4) is 0 Å². The third-order valence-corrected chi connectivity index (χ3v) is 4.62. The molecule has 0 unspecified atom stereocenters. The fourth-order valence-corrected chi connectivity index (χ4v) is 2.33. The van der Waals surface area contributed by atoms with E-state index in [0.717, 1.165) is 14.5 Å². The van der Waals surface area contributed by atoms with E-state index in [9.17, 15) is 8.78 Å². The van der Waals surface area contributed by atoms with Gasteiger partial charge in [0.05, 0.1) is 0 Å². The molecule has 0 atom stereocenters. The smallest absolute Gasteiger partial charge is 0.152 e. The molecule has 1 nitrogen and oxygen atoms in total. The van der Waals surface area contributed by atoms with Gasteiger partial charge in [-0.3, -0.25) is 0 Å². The van der Waals surface area contributed by atoms with E-state index < -0.39 is 11.6 Å². The number of benzene rings is 2. The lowest BCUT2D eigenvalue weighted by Gasteiger charge is -2.11. The first kappa shape index (κ1) is 14.5. The van der Waals surface area contributed by atoms with Crippen LogP contribution in [0.4, 0.5) is 14.5 Å². The zero-order valence-corrected chi connectivity index (χ0v) is 13.3. The van der Waals surface area contributed by atoms with E-state index in [1.165, 1.54) is 12.1 Å². The van der Waals surface area contributed by atoms with Crippen LogP contribution in [0, 0.1) is 18.6 Å². The maximum atomic E-state index is 13.8. The largest absolute Gasteiger partial charge is 0.376 e. The summed E-state index contributed by atoms with van der Waals surface area (Å²) in [6.07, 6.45) is 0. The normalized spacial score (nSPS) is 10.6. The van der Waals surface area contributed by atoms with Crippen molar-refractivity contribution in [2.75, 3.05) is 5.32 Å². The van der Waals surface area contributed by atoms with Gasteiger partial charge >= 0.3 is 0 Å². The van der Waals surface area contributed by atoms with Crippen molar-refractivity contribution in [2.45, 2.75) is 13.5 Å². The predicted octanol–water partition coefficient (Wildman–Crippen LogP) is 5.41. The summed E-state index contributed by atoms with van der Waals surface area (Å²) in [7, 11) is 0. The number of nitrogens with one attached hydrogen (secondary N) is 1. The molecule has 0 radical (unpaired) electrons. The molecule has 0 aromatic heterocycles. The lowest BCUT2D eigenvalue weighted by Crippen LogP contribution is -2.05. The second kappa shape index (κ2) is 6.01. The fourth-order valence-electron chi connectivity index (χ4n) is 1.66. The number of rotatable bonds is 3. The molecule has 5 heteroatoms. The number of halogens is 4. The summed E-state index contributed by atoms with van der Waals surface area (Å²) in [5.41, 5.74) is 1.26. The van der Waals surface area contributed by atoms with Crippen LogP contribution in [0.3, 0.4) is 0 Å². The minimum Gasteiger partial charge on any atom is -0.376 e. The van der Waals surface area contributed by atoms with Crippen LogP contribution >= 0.6 is 31.9 Å². The van der Waals surface area contributed by atoms with Crippen LogP contribution in [0.25, 0.3) is 0 Å². The van der Waals surface area contributed by atoms with Crippen LogP contribution in [0.2, 0.25) is 0 Å². The first-order chi connectivity index (χ1) is 8.99. The molecule has 0 aliphatic heterocycles. The van der Waals surface area contributed by atoms with Crippen molar-refractivity contribution in [1.82, 2.24) is 0 Å². The number of aryl methyl sites for hydroxylation is 1. The molecule has 1 N–H and O–H groups in total. The predicted molar refractivity (Wildman–Crippen MR) is 80.3 cm³/mol. The average Bonchev–Trinajstić information content (AvgIpc) is 2.38. The van der Waals surface area contributed by atoms with Crippen LogP contribution in [0.15, 0.2) is 39.3 Å². The van der Waals surface area contributed by atoms with Crippen molar-refractivity contribution >= 4 is 37.5 Å². The van der Waals surface area contributed by atoms with Crippen LogP contribution in [0.5, 0.6) is 0 Å². The highest BCUT2D eigenvalue weighted by molar-refractivity contribution is 9.13. The highest BCUT2D eigenvalue weighted by atomic mass is 79.9. The van der Waals surface area contributed by atoms with E-state index in [4.69, 9.17) is 0 Å². The van der Waals surface area contributed by atoms with Gasteiger partial charge in [0.1, 0.15) is 11.5 Å². The maximum Gasteiger partial charge on any atom is 0.152 e. The van der Waals surface area contributed by atoms with E-state index in [2.05, 4.69) is 37.2 Å². The van der Waals surface area contributed by atoms with Gasteiger partial charge in [0.2, 0.25) is 0 Å². The zero-order valence-electron chi connectivity index (χ0n) is 10.1. The van der Waals surface area contributed by atoms with Gasteiger partial charge in [-0.1, -0.05) is 12.1 Å². The molecular formula is C14H11Br2F2N. The van der Waals surface area contributed by atoms with Gasteiger partial charge in [-0.2, -0.15) is 0 Å². The minimum absolute atomic E-state index is 0.0842. The monoisotopic (exact) mass is 389 g/mol. The Balaban J connectivity index is 2.19. The summed E-state index contributed by atoms with van der Waals surface area (Å²) in [5, 5.41) is 2.80. The summed E-state index contributed by atoms with van der Waals surface area (Å²) in [5.74, 6) is -1.13. The second-order valence-corrected chi connectivity index (χ2v) is 5.86. The highest BCUT2D eigenvalue weighted by Crippen LogP contribution is 2.25. The third kappa shape index (κ3) is 3.34. The molecular weight excluding hydrogens is 380 g/mol. The molecule has 0 saturated heterocycles. The highest BCUT2D eigenvalue weighted by Gasteiger charge is 2.11. The Hall–Kier alpha value is -0.940. The molecule has 0 fully saturated rings. The molecule has 2 aromatic rings. The molecule has 0 aliphatic carbocycles. The number of anilines is 1. The Kier molecular flexibility index (Phi) is 4.58. The molecule has 0 amide bonds. The van der Waals surface area contributed by atoms with Crippen molar-refractivity contribution in [1.29, 1.82) is 0 Å². The van der Waals surface area contributed by atoms with Crippen molar-refractivity contribution in [3.63, 3.8) is 0 Å². The van der Waals surface area contributed by atoms with Gasteiger partial charge in [0.25, 0.3) is 0 Å². The van der Waals surface area contributed by atoms with Gasteiger partial charge in [-0.15, -0.1) is 0 Å². The molecule has 0 heterocycles. The lowest BCUT2D eigenvalue weighted by molar-refractivity contribution is 0.582. The molecule has 19 heavy (non-hydrogen) atoms.